The van der Waals surface area contributed by atoms with Gasteiger partial charge >= 0.3 is 0 Å². The number of carbonyl (C=O) groups is 1. The van der Waals surface area contributed by atoms with Gasteiger partial charge in [0.1, 0.15) is 0 Å². The number of likely N-dealkylation sites (tertiary alicyclic amines) is 1. The fourth-order valence-electron chi connectivity index (χ4n) is 1.98. The van der Waals surface area contributed by atoms with Gasteiger partial charge in [-0.1, -0.05) is 13.8 Å². The average molecular weight is 214 g/mol. The molecule has 0 aromatic heterocycles. The fourth-order valence-corrected chi connectivity index (χ4v) is 1.98. The molecular weight excluding hydrogens is 192 g/mol. The summed E-state index contributed by atoms with van der Waals surface area (Å²) in [6.45, 7) is 6.33. The van der Waals surface area contributed by atoms with Gasteiger partial charge in [-0.15, -0.1) is 0 Å². The highest BCUT2D eigenvalue weighted by Crippen LogP contribution is 2.12. The zero-order valence-electron chi connectivity index (χ0n) is 9.70. The van der Waals surface area contributed by atoms with Crippen molar-refractivity contribution in [3.8, 4) is 0 Å². The van der Waals surface area contributed by atoms with Gasteiger partial charge in [0.15, 0.2) is 0 Å². The fraction of sp³-hybridized carbons (Fsp3) is 0.909. The van der Waals surface area contributed by atoms with Crippen LogP contribution in [0.3, 0.4) is 0 Å². The lowest BCUT2D eigenvalue weighted by Crippen LogP contribution is -2.49. The van der Waals surface area contributed by atoms with Gasteiger partial charge in [0.2, 0.25) is 5.91 Å². The number of carbonyl (C=O) groups excluding carboxylic acids is 1. The highest BCUT2D eigenvalue weighted by Gasteiger charge is 2.24. The summed E-state index contributed by atoms with van der Waals surface area (Å²) >= 11 is 0. The summed E-state index contributed by atoms with van der Waals surface area (Å²) in [6, 6.07) is 0.355. The summed E-state index contributed by atoms with van der Waals surface area (Å²) in [6.07, 6.45) is 2.16. The molecule has 2 N–H and O–H groups in total. The summed E-state index contributed by atoms with van der Waals surface area (Å²) in [5.41, 5.74) is 0. The van der Waals surface area contributed by atoms with Crippen LogP contribution >= 0.6 is 0 Å². The van der Waals surface area contributed by atoms with E-state index in [1.54, 1.807) is 0 Å². The second-order valence-electron chi connectivity index (χ2n) is 4.46. The molecule has 1 aliphatic heterocycles. The Morgan fingerprint density at radius 1 is 1.60 bits per heavy atom. The van der Waals surface area contributed by atoms with Crippen LogP contribution < -0.4 is 5.32 Å². The summed E-state index contributed by atoms with van der Waals surface area (Å²) in [7, 11) is 0. The van der Waals surface area contributed by atoms with Crippen molar-refractivity contribution in [3.63, 3.8) is 0 Å². The maximum Gasteiger partial charge on any atom is 0.225 e. The van der Waals surface area contributed by atoms with E-state index in [4.69, 9.17) is 5.11 Å². The van der Waals surface area contributed by atoms with Crippen LogP contribution in [0.5, 0.6) is 0 Å². The van der Waals surface area contributed by atoms with E-state index in [-0.39, 0.29) is 18.4 Å². The lowest BCUT2D eigenvalue weighted by atomic mass is 10.0. The lowest BCUT2D eigenvalue weighted by Gasteiger charge is -2.34. The maximum absolute atomic E-state index is 11.8. The molecule has 0 radical (unpaired) electrons. The van der Waals surface area contributed by atoms with Gasteiger partial charge in [-0.2, -0.15) is 0 Å². The van der Waals surface area contributed by atoms with E-state index in [2.05, 4.69) is 5.32 Å². The Morgan fingerprint density at radius 2 is 2.33 bits per heavy atom. The topological polar surface area (TPSA) is 52.6 Å². The third-order valence-electron chi connectivity index (χ3n) is 2.77. The Hall–Kier alpha value is -0.610. The van der Waals surface area contributed by atoms with E-state index in [1.165, 1.54) is 0 Å². The molecule has 1 atom stereocenters. The van der Waals surface area contributed by atoms with Gasteiger partial charge in [0.25, 0.3) is 0 Å². The first kappa shape index (κ1) is 12.5. The number of nitrogens with zero attached hydrogens (tertiary/aromatic N) is 1. The van der Waals surface area contributed by atoms with Crippen LogP contribution in [0.25, 0.3) is 0 Å². The largest absolute Gasteiger partial charge is 0.395 e. The molecule has 0 aromatic rings. The second kappa shape index (κ2) is 6.08. The monoisotopic (exact) mass is 214 g/mol. The van der Waals surface area contributed by atoms with Crippen molar-refractivity contribution in [1.82, 2.24) is 10.2 Å². The number of hydrogen-bond donors (Lipinski definition) is 2. The van der Waals surface area contributed by atoms with E-state index in [9.17, 15) is 4.79 Å². The first-order valence-corrected chi connectivity index (χ1v) is 5.78. The summed E-state index contributed by atoms with van der Waals surface area (Å²) < 4.78 is 0. The minimum absolute atomic E-state index is 0.0848. The molecule has 4 nitrogen and oxygen atoms in total. The van der Waals surface area contributed by atoms with Crippen LogP contribution in [-0.2, 0) is 4.79 Å². The molecule has 1 unspecified atom stereocenters. The maximum atomic E-state index is 11.8. The van der Waals surface area contributed by atoms with E-state index in [1.807, 2.05) is 18.7 Å². The van der Waals surface area contributed by atoms with Crippen LogP contribution in [0, 0.1) is 5.92 Å². The Balaban J connectivity index is 2.38. The molecule has 1 rings (SSSR count). The third kappa shape index (κ3) is 3.80. The SMILES string of the molecule is CC(C)C(=O)N1CCCC(NCCO)C1. The van der Waals surface area contributed by atoms with Crippen molar-refractivity contribution in [2.24, 2.45) is 5.92 Å². The first-order chi connectivity index (χ1) is 7.15. The predicted octanol–water partition coefficient (Wildman–Crippen LogP) is 0.215. The predicted molar refractivity (Wildman–Crippen MR) is 59.5 cm³/mol. The standard InChI is InChI=1S/C11H22N2O2/c1-9(2)11(15)13-6-3-4-10(8-13)12-5-7-14/h9-10,12,14H,3-8H2,1-2H3. The Labute approximate surface area is 91.6 Å². The van der Waals surface area contributed by atoms with Crippen LogP contribution in [0.15, 0.2) is 0 Å². The number of rotatable bonds is 4. The minimum atomic E-state index is 0.0848. The molecule has 15 heavy (non-hydrogen) atoms. The highest BCUT2D eigenvalue weighted by atomic mass is 16.3. The van der Waals surface area contributed by atoms with Crippen molar-refractivity contribution < 1.29 is 9.90 Å². The Kier molecular flexibility index (Phi) is 5.05. The molecule has 0 aromatic carbocycles. The van der Waals surface area contributed by atoms with E-state index >= 15 is 0 Å². The number of nitrogens with one attached hydrogen (secondary N) is 1. The number of aliphatic hydroxyl groups is 1. The molecule has 1 heterocycles. The molecule has 0 aliphatic carbocycles. The Bertz CT molecular complexity index is 207. The smallest absolute Gasteiger partial charge is 0.225 e. The van der Waals surface area contributed by atoms with Crippen molar-refractivity contribution >= 4 is 5.91 Å². The number of amides is 1. The van der Waals surface area contributed by atoms with Gasteiger partial charge in [-0.3, -0.25) is 4.79 Å². The number of hydrogen-bond acceptors (Lipinski definition) is 3. The molecule has 0 bridgehead atoms. The molecular formula is C11H22N2O2. The number of piperidine rings is 1. The average Bonchev–Trinajstić information content (AvgIpc) is 2.25. The van der Waals surface area contributed by atoms with E-state index in [0.29, 0.717) is 12.6 Å². The van der Waals surface area contributed by atoms with Crippen molar-refractivity contribution in [1.29, 1.82) is 0 Å². The molecule has 1 amide bonds. The summed E-state index contributed by atoms with van der Waals surface area (Å²) in [5.74, 6) is 0.326. The molecule has 0 spiro atoms. The molecule has 1 fully saturated rings. The summed E-state index contributed by atoms with van der Waals surface area (Å²) in [4.78, 5) is 13.7. The summed E-state index contributed by atoms with van der Waals surface area (Å²) in [5, 5.41) is 12.0. The van der Waals surface area contributed by atoms with Gasteiger partial charge < -0.3 is 15.3 Å². The van der Waals surface area contributed by atoms with Gasteiger partial charge in [0, 0.05) is 31.6 Å². The van der Waals surface area contributed by atoms with Gasteiger partial charge in [-0.25, -0.2) is 0 Å². The van der Waals surface area contributed by atoms with Crippen LogP contribution in [0.2, 0.25) is 0 Å². The zero-order valence-corrected chi connectivity index (χ0v) is 9.70. The van der Waals surface area contributed by atoms with Crippen LogP contribution in [-0.4, -0.2) is 48.2 Å². The van der Waals surface area contributed by atoms with E-state index < -0.39 is 0 Å². The third-order valence-corrected chi connectivity index (χ3v) is 2.77. The highest BCUT2D eigenvalue weighted by molar-refractivity contribution is 5.78. The quantitative estimate of drug-likeness (QED) is 0.703. The minimum Gasteiger partial charge on any atom is -0.395 e. The van der Waals surface area contributed by atoms with Crippen LogP contribution in [0.1, 0.15) is 26.7 Å². The normalized spacial score (nSPS) is 22.1. The molecule has 0 saturated carbocycles. The van der Waals surface area contributed by atoms with E-state index in [0.717, 1.165) is 25.9 Å². The number of aliphatic hydroxyl groups excluding tert-OH is 1. The van der Waals surface area contributed by atoms with Gasteiger partial charge in [-0.05, 0) is 12.8 Å². The van der Waals surface area contributed by atoms with Crippen LogP contribution in [0.4, 0.5) is 0 Å². The lowest BCUT2D eigenvalue weighted by molar-refractivity contribution is -0.135. The molecule has 1 aliphatic rings. The van der Waals surface area contributed by atoms with Crippen molar-refractivity contribution in [2.75, 3.05) is 26.2 Å². The van der Waals surface area contributed by atoms with Gasteiger partial charge in [0.05, 0.1) is 6.61 Å². The zero-order chi connectivity index (χ0) is 11.3. The Morgan fingerprint density at radius 3 is 2.93 bits per heavy atom. The van der Waals surface area contributed by atoms with Crippen molar-refractivity contribution in [2.45, 2.75) is 32.7 Å². The van der Waals surface area contributed by atoms with Crippen molar-refractivity contribution in [3.05, 3.63) is 0 Å². The first-order valence-electron chi connectivity index (χ1n) is 5.78. The molecule has 4 heteroatoms. The second-order valence-corrected chi connectivity index (χ2v) is 4.46. The molecule has 1 saturated heterocycles. The molecule has 88 valence electrons.